The largest absolute Gasteiger partial charge is 0.488 e. The predicted molar refractivity (Wildman–Crippen MR) is 131 cm³/mol. The lowest BCUT2D eigenvalue weighted by molar-refractivity contribution is -0.116. The molecule has 0 saturated carbocycles. The van der Waals surface area contributed by atoms with Gasteiger partial charge in [-0.05, 0) is 86.8 Å². The van der Waals surface area contributed by atoms with Gasteiger partial charge in [-0.1, -0.05) is 18.2 Å². The van der Waals surface area contributed by atoms with Gasteiger partial charge in [0.15, 0.2) is 5.78 Å². The maximum Gasteiger partial charge on any atom is 0.161 e. The van der Waals surface area contributed by atoms with Crippen LogP contribution in [0.4, 0.5) is 0 Å². The maximum absolute atomic E-state index is 12.9. The third kappa shape index (κ3) is 4.23. The van der Waals surface area contributed by atoms with E-state index in [0.717, 1.165) is 34.1 Å². The van der Waals surface area contributed by atoms with Crippen LogP contribution in [0.15, 0.2) is 69.6 Å². The first kappa shape index (κ1) is 21.9. The molecule has 5 nitrogen and oxygen atoms in total. The number of Topliss-reactive ketones (excluding diaryl/α,β-unsaturated/α-hetero) is 1. The molecular weight excluding hydrogens is 569 g/mol. The molecule has 0 unspecified atom stereocenters. The summed E-state index contributed by atoms with van der Waals surface area (Å²) in [6.07, 6.45) is 2.09. The Hall–Kier alpha value is -2.31. The first-order valence-electron chi connectivity index (χ1n) is 9.97. The zero-order chi connectivity index (χ0) is 22.1. The second kappa shape index (κ2) is 9.05. The molecule has 158 valence electrons. The minimum absolute atomic E-state index is 0.0912. The number of carbonyl (C=O) groups excluding carboxylic acids is 1. The molecule has 2 aromatic rings. The molecule has 0 radical (unpaired) electrons. The summed E-state index contributed by atoms with van der Waals surface area (Å²) in [6.45, 7) is 0.452. The number of ketones is 1. The molecular formula is C24H21BrIN3O2. The first-order chi connectivity index (χ1) is 14.9. The summed E-state index contributed by atoms with van der Waals surface area (Å²) in [5.74, 6) is 0.755. The zero-order valence-corrected chi connectivity index (χ0v) is 20.7. The number of nitriles is 1. The number of nitrogens with two attached hydrogens (primary N) is 1. The quantitative estimate of drug-likeness (QED) is 0.486. The SMILES string of the molecule is CN1C(N)=C(C#N)[C@H](c2ccc(OCc3ccc(I)cc3)c(Br)c2)C2=C1CCCC2=O. The van der Waals surface area contributed by atoms with Crippen LogP contribution in [0.25, 0.3) is 0 Å². The molecule has 0 bridgehead atoms. The molecule has 0 spiro atoms. The molecule has 4 rings (SSSR count). The Morgan fingerprint density at radius 1 is 1.26 bits per heavy atom. The van der Waals surface area contributed by atoms with Crippen LogP contribution in [0.1, 0.15) is 36.3 Å². The van der Waals surface area contributed by atoms with Gasteiger partial charge >= 0.3 is 0 Å². The van der Waals surface area contributed by atoms with Crippen molar-refractivity contribution in [1.82, 2.24) is 4.90 Å². The predicted octanol–water partition coefficient (Wildman–Crippen LogP) is 5.36. The van der Waals surface area contributed by atoms with Crippen LogP contribution in [-0.4, -0.2) is 17.7 Å². The number of benzene rings is 2. The molecule has 2 N–H and O–H groups in total. The lowest BCUT2D eigenvalue weighted by Gasteiger charge is -2.37. The summed E-state index contributed by atoms with van der Waals surface area (Å²) in [5, 5.41) is 9.86. The van der Waals surface area contributed by atoms with Crippen LogP contribution in [0, 0.1) is 14.9 Å². The van der Waals surface area contributed by atoms with Crippen molar-refractivity contribution in [1.29, 1.82) is 5.26 Å². The van der Waals surface area contributed by atoms with E-state index in [1.54, 1.807) is 4.90 Å². The van der Waals surface area contributed by atoms with Crippen molar-refractivity contribution in [2.75, 3.05) is 7.05 Å². The van der Waals surface area contributed by atoms with Gasteiger partial charge in [0.05, 0.1) is 22.0 Å². The topological polar surface area (TPSA) is 79.3 Å². The third-order valence-electron chi connectivity index (χ3n) is 5.77. The number of carbonyl (C=O) groups is 1. The summed E-state index contributed by atoms with van der Waals surface area (Å²) >= 11 is 5.88. The molecule has 0 aromatic heterocycles. The number of allylic oxidation sites excluding steroid dienone is 3. The molecule has 1 heterocycles. The van der Waals surface area contributed by atoms with Crippen LogP contribution < -0.4 is 10.5 Å². The van der Waals surface area contributed by atoms with Gasteiger partial charge in [0.25, 0.3) is 0 Å². The highest BCUT2D eigenvalue weighted by molar-refractivity contribution is 14.1. The van der Waals surface area contributed by atoms with Crippen molar-refractivity contribution >= 4 is 44.3 Å². The number of hydrogen-bond acceptors (Lipinski definition) is 5. The molecule has 1 atom stereocenters. The normalized spacial score (nSPS) is 18.7. The van der Waals surface area contributed by atoms with Crippen molar-refractivity contribution in [2.45, 2.75) is 31.8 Å². The standard InChI is InChI=1S/C24H21BrIN3O2/c1-29-19-3-2-4-20(30)23(19)22(17(12-27)24(29)28)15-7-10-21(18(25)11-15)31-13-14-5-8-16(26)9-6-14/h5-11,22H,2-4,13,28H2,1H3/t22-/m0/s1. The van der Waals surface area contributed by atoms with Crippen LogP contribution in [0.3, 0.4) is 0 Å². The number of halogens is 2. The number of ether oxygens (including phenoxy) is 1. The molecule has 31 heavy (non-hydrogen) atoms. The minimum Gasteiger partial charge on any atom is -0.488 e. The van der Waals surface area contributed by atoms with E-state index >= 15 is 0 Å². The van der Waals surface area contributed by atoms with E-state index in [-0.39, 0.29) is 5.78 Å². The summed E-state index contributed by atoms with van der Waals surface area (Å²) < 4.78 is 7.94. The van der Waals surface area contributed by atoms with Gasteiger partial charge in [-0.3, -0.25) is 4.79 Å². The highest BCUT2D eigenvalue weighted by atomic mass is 127. The maximum atomic E-state index is 12.9. The van der Waals surface area contributed by atoms with E-state index in [1.807, 2.05) is 49.5 Å². The fourth-order valence-corrected chi connectivity index (χ4v) is 5.02. The van der Waals surface area contributed by atoms with Crippen molar-refractivity contribution in [2.24, 2.45) is 5.73 Å². The summed E-state index contributed by atoms with van der Waals surface area (Å²) in [4.78, 5) is 14.7. The van der Waals surface area contributed by atoms with E-state index in [0.29, 0.717) is 35.7 Å². The van der Waals surface area contributed by atoms with Crippen LogP contribution >= 0.6 is 38.5 Å². The summed E-state index contributed by atoms with van der Waals surface area (Å²) in [5.41, 5.74) is 10.3. The van der Waals surface area contributed by atoms with Crippen LogP contribution in [0.5, 0.6) is 5.75 Å². The van der Waals surface area contributed by atoms with Gasteiger partial charge in [0.2, 0.25) is 0 Å². The smallest absolute Gasteiger partial charge is 0.161 e. The highest BCUT2D eigenvalue weighted by Gasteiger charge is 2.38. The fourth-order valence-electron chi connectivity index (χ4n) is 4.15. The van der Waals surface area contributed by atoms with Crippen molar-refractivity contribution < 1.29 is 9.53 Å². The molecule has 0 amide bonds. The number of nitrogens with zero attached hydrogens (tertiary/aromatic N) is 2. The van der Waals surface area contributed by atoms with E-state index < -0.39 is 5.92 Å². The average molecular weight is 590 g/mol. The van der Waals surface area contributed by atoms with Gasteiger partial charge in [-0.2, -0.15) is 5.26 Å². The molecule has 7 heteroatoms. The fraction of sp³-hybridized carbons (Fsp3) is 0.250. The minimum atomic E-state index is -0.453. The number of hydrogen-bond donors (Lipinski definition) is 1. The summed E-state index contributed by atoms with van der Waals surface area (Å²) in [7, 11) is 1.83. The van der Waals surface area contributed by atoms with Crippen molar-refractivity contribution in [3.63, 3.8) is 0 Å². The Labute approximate surface area is 203 Å². The first-order valence-corrected chi connectivity index (χ1v) is 11.8. The Balaban J connectivity index is 1.67. The Morgan fingerprint density at radius 2 is 2.00 bits per heavy atom. The molecule has 2 aliphatic rings. The van der Waals surface area contributed by atoms with Crippen molar-refractivity contribution in [3.05, 3.63) is 84.3 Å². The van der Waals surface area contributed by atoms with Crippen LogP contribution in [-0.2, 0) is 11.4 Å². The number of rotatable bonds is 4. The molecule has 2 aromatic carbocycles. The Bertz CT molecular complexity index is 1150. The van der Waals surface area contributed by atoms with E-state index in [9.17, 15) is 10.1 Å². The average Bonchev–Trinajstić information content (AvgIpc) is 2.76. The molecule has 1 aliphatic carbocycles. The highest BCUT2D eigenvalue weighted by Crippen LogP contribution is 2.45. The second-order valence-corrected chi connectivity index (χ2v) is 9.74. The van der Waals surface area contributed by atoms with Gasteiger partial charge < -0.3 is 15.4 Å². The Morgan fingerprint density at radius 3 is 2.68 bits per heavy atom. The monoisotopic (exact) mass is 589 g/mol. The van der Waals surface area contributed by atoms with Gasteiger partial charge in [-0.25, -0.2) is 0 Å². The van der Waals surface area contributed by atoms with Gasteiger partial charge in [-0.15, -0.1) is 0 Å². The lowest BCUT2D eigenvalue weighted by atomic mass is 9.76. The summed E-state index contributed by atoms with van der Waals surface area (Å²) in [6, 6.07) is 16.1. The van der Waals surface area contributed by atoms with Gasteiger partial charge in [0, 0.05) is 28.3 Å². The van der Waals surface area contributed by atoms with Crippen LogP contribution in [0.2, 0.25) is 0 Å². The van der Waals surface area contributed by atoms with E-state index in [1.165, 1.54) is 3.57 Å². The Kier molecular flexibility index (Phi) is 6.39. The zero-order valence-electron chi connectivity index (χ0n) is 17.0. The van der Waals surface area contributed by atoms with Crippen molar-refractivity contribution in [3.8, 4) is 11.8 Å². The molecule has 0 saturated heterocycles. The van der Waals surface area contributed by atoms with E-state index in [2.05, 4.69) is 44.6 Å². The molecule has 0 fully saturated rings. The lowest BCUT2D eigenvalue weighted by Crippen LogP contribution is -2.36. The molecule has 1 aliphatic heterocycles. The third-order valence-corrected chi connectivity index (χ3v) is 7.10. The van der Waals surface area contributed by atoms with E-state index in [4.69, 9.17) is 10.5 Å². The van der Waals surface area contributed by atoms with Gasteiger partial charge in [0.1, 0.15) is 18.2 Å². The second-order valence-electron chi connectivity index (χ2n) is 7.64.